The minimum atomic E-state index is -3.90. The van der Waals surface area contributed by atoms with Crippen LogP contribution in [0.3, 0.4) is 0 Å². The zero-order valence-electron chi connectivity index (χ0n) is 18.3. The Morgan fingerprint density at radius 1 is 1.29 bits per heavy atom. The average molecular weight is 473 g/mol. The zero-order chi connectivity index (χ0) is 22.4. The van der Waals surface area contributed by atoms with E-state index in [1.165, 1.54) is 17.5 Å². The molecular formula is C21H33ClN4O4S. The van der Waals surface area contributed by atoms with Crippen LogP contribution in [0.2, 0.25) is 5.02 Å². The molecule has 1 N–H and O–H groups in total. The molecule has 1 aromatic rings. The van der Waals surface area contributed by atoms with Gasteiger partial charge in [-0.1, -0.05) is 18.5 Å². The molecule has 0 aliphatic carbocycles. The number of nitrogens with zero attached hydrogens (tertiary/aromatic N) is 3. The monoisotopic (exact) mass is 472 g/mol. The molecule has 1 amide bonds. The molecule has 3 rings (SSSR count). The van der Waals surface area contributed by atoms with Crippen molar-refractivity contribution in [2.75, 3.05) is 59.5 Å². The summed E-state index contributed by atoms with van der Waals surface area (Å²) in [4.78, 5) is 16.9. The summed E-state index contributed by atoms with van der Waals surface area (Å²) in [6.07, 6.45) is 2.14. The average Bonchev–Trinajstić information content (AvgIpc) is 3.24. The van der Waals surface area contributed by atoms with E-state index in [9.17, 15) is 13.2 Å². The van der Waals surface area contributed by atoms with E-state index in [0.717, 1.165) is 39.0 Å². The Balaban J connectivity index is 1.83. The molecule has 0 saturated carbocycles. The highest BCUT2D eigenvalue weighted by Gasteiger charge is 2.34. The Morgan fingerprint density at radius 2 is 2.03 bits per heavy atom. The summed E-state index contributed by atoms with van der Waals surface area (Å²) in [6, 6.07) is 4.73. The maximum atomic E-state index is 13.7. The second kappa shape index (κ2) is 11.0. The van der Waals surface area contributed by atoms with Crippen LogP contribution in [0.4, 0.5) is 0 Å². The summed E-state index contributed by atoms with van der Waals surface area (Å²) < 4.78 is 34.1. The number of carbonyl (C=O) groups excluding carboxylic acids is 1. The molecule has 10 heteroatoms. The number of rotatable bonds is 9. The number of carbonyl (C=O) groups is 1. The number of ether oxygens (including phenoxy) is 1. The molecule has 31 heavy (non-hydrogen) atoms. The van der Waals surface area contributed by atoms with E-state index in [2.05, 4.69) is 17.1 Å². The molecular weight excluding hydrogens is 440 g/mol. The first-order valence-electron chi connectivity index (χ1n) is 10.9. The molecule has 2 fully saturated rings. The van der Waals surface area contributed by atoms with Crippen molar-refractivity contribution >= 4 is 27.5 Å². The smallest absolute Gasteiger partial charge is 0.246 e. The number of likely N-dealkylation sites (tertiary alicyclic amines) is 1. The van der Waals surface area contributed by atoms with Gasteiger partial charge in [0.05, 0.1) is 7.11 Å². The molecule has 2 heterocycles. The molecule has 174 valence electrons. The number of methoxy groups -OCH3 is 1. The highest BCUT2D eigenvalue weighted by atomic mass is 35.5. The number of piperazine rings is 1. The van der Waals surface area contributed by atoms with Crippen LogP contribution < -0.4 is 10.1 Å². The molecule has 2 saturated heterocycles. The van der Waals surface area contributed by atoms with Crippen LogP contribution in [0, 0.1) is 0 Å². The van der Waals surface area contributed by atoms with Gasteiger partial charge in [-0.2, -0.15) is 4.31 Å². The van der Waals surface area contributed by atoms with E-state index in [1.54, 1.807) is 17.0 Å². The largest absolute Gasteiger partial charge is 0.495 e. The van der Waals surface area contributed by atoms with Crippen molar-refractivity contribution in [3.8, 4) is 5.75 Å². The van der Waals surface area contributed by atoms with Gasteiger partial charge in [-0.05, 0) is 44.1 Å². The first-order chi connectivity index (χ1) is 14.9. The van der Waals surface area contributed by atoms with Crippen molar-refractivity contribution in [3.05, 3.63) is 23.2 Å². The number of hydrogen-bond acceptors (Lipinski definition) is 6. The van der Waals surface area contributed by atoms with Crippen LogP contribution in [-0.4, -0.2) is 93.9 Å². The molecule has 0 spiro atoms. The van der Waals surface area contributed by atoms with Crippen LogP contribution in [-0.2, 0) is 14.8 Å². The van der Waals surface area contributed by atoms with Crippen LogP contribution in [0.15, 0.2) is 23.1 Å². The number of benzene rings is 1. The topological polar surface area (TPSA) is 82.2 Å². The summed E-state index contributed by atoms with van der Waals surface area (Å²) >= 11 is 6.12. The van der Waals surface area contributed by atoms with E-state index < -0.39 is 10.0 Å². The van der Waals surface area contributed by atoms with Crippen LogP contribution in [0.25, 0.3) is 0 Å². The predicted molar refractivity (Wildman–Crippen MR) is 121 cm³/mol. The van der Waals surface area contributed by atoms with Gasteiger partial charge in [0.15, 0.2) is 0 Å². The second-order valence-corrected chi connectivity index (χ2v) is 10.3. The van der Waals surface area contributed by atoms with Crippen molar-refractivity contribution in [2.45, 2.75) is 37.1 Å². The normalized spacial score (nSPS) is 20.4. The van der Waals surface area contributed by atoms with Gasteiger partial charge < -0.3 is 15.0 Å². The van der Waals surface area contributed by atoms with Gasteiger partial charge in [0.25, 0.3) is 0 Å². The summed E-state index contributed by atoms with van der Waals surface area (Å²) in [6.45, 7) is 7.25. The van der Waals surface area contributed by atoms with E-state index in [-0.39, 0.29) is 35.6 Å². The first kappa shape index (κ1) is 24.3. The summed E-state index contributed by atoms with van der Waals surface area (Å²) in [7, 11) is -2.46. The lowest BCUT2D eigenvalue weighted by molar-refractivity contribution is -0.131. The van der Waals surface area contributed by atoms with Gasteiger partial charge in [0, 0.05) is 56.8 Å². The third kappa shape index (κ3) is 5.90. The Labute approximate surface area is 190 Å². The molecule has 1 aromatic carbocycles. The Kier molecular flexibility index (Phi) is 8.58. The number of halogens is 1. The number of likely N-dealkylation sites (N-methyl/N-ethyl adjacent to an activating group) is 1. The van der Waals surface area contributed by atoms with Crippen LogP contribution in [0.1, 0.15) is 26.2 Å². The van der Waals surface area contributed by atoms with Gasteiger partial charge in [0.1, 0.15) is 10.6 Å². The molecule has 1 atom stereocenters. The summed E-state index contributed by atoms with van der Waals surface area (Å²) in [5.74, 6) is 0.236. The fourth-order valence-corrected chi connectivity index (χ4v) is 6.24. The number of hydrogen-bond donors (Lipinski definition) is 1. The molecule has 0 unspecified atom stereocenters. The first-order valence-corrected chi connectivity index (χ1v) is 12.7. The predicted octanol–water partition coefficient (Wildman–Crippen LogP) is 1.65. The van der Waals surface area contributed by atoms with Crippen LogP contribution in [0.5, 0.6) is 5.75 Å². The van der Waals surface area contributed by atoms with Gasteiger partial charge in [-0.3, -0.25) is 9.69 Å². The van der Waals surface area contributed by atoms with E-state index in [4.69, 9.17) is 16.3 Å². The lowest BCUT2D eigenvalue weighted by Gasteiger charge is -2.31. The van der Waals surface area contributed by atoms with Crippen molar-refractivity contribution < 1.29 is 17.9 Å². The molecule has 2 aliphatic rings. The Bertz CT molecular complexity index is 861. The lowest BCUT2D eigenvalue weighted by atomic mass is 10.2. The Hall–Kier alpha value is -1.39. The standard InChI is InChI=1S/C21H33ClN4O4S/c1-3-24-11-4-5-18(24)16-26(12-8-21(27)25-13-9-23-10-14-25)31(28,29)20-15-17(22)6-7-19(20)30-2/h6-7,15,18,23H,3-5,8-14,16H2,1-2H3/t18-/m0/s1. The quantitative estimate of drug-likeness (QED) is 0.588. The molecule has 0 bridgehead atoms. The van der Waals surface area contributed by atoms with E-state index in [1.807, 2.05) is 0 Å². The number of amides is 1. The van der Waals surface area contributed by atoms with Gasteiger partial charge in [0.2, 0.25) is 15.9 Å². The highest BCUT2D eigenvalue weighted by molar-refractivity contribution is 7.89. The summed E-state index contributed by atoms with van der Waals surface area (Å²) in [5, 5.41) is 3.55. The van der Waals surface area contributed by atoms with Crippen molar-refractivity contribution in [1.29, 1.82) is 0 Å². The zero-order valence-corrected chi connectivity index (χ0v) is 19.9. The number of nitrogens with one attached hydrogen (secondary N) is 1. The van der Waals surface area contributed by atoms with Gasteiger partial charge in [-0.15, -0.1) is 0 Å². The third-order valence-corrected chi connectivity index (χ3v) is 8.23. The molecule has 8 nitrogen and oxygen atoms in total. The maximum Gasteiger partial charge on any atom is 0.246 e. The number of sulfonamides is 1. The fourth-order valence-electron chi connectivity index (χ4n) is 4.35. The van der Waals surface area contributed by atoms with Gasteiger partial charge >= 0.3 is 0 Å². The minimum absolute atomic E-state index is 0.0153. The van der Waals surface area contributed by atoms with Crippen molar-refractivity contribution in [2.24, 2.45) is 0 Å². The molecule has 0 radical (unpaired) electrons. The van der Waals surface area contributed by atoms with Gasteiger partial charge in [-0.25, -0.2) is 8.42 Å². The molecule has 2 aliphatic heterocycles. The third-order valence-electron chi connectivity index (χ3n) is 6.11. The fraction of sp³-hybridized carbons (Fsp3) is 0.667. The highest BCUT2D eigenvalue weighted by Crippen LogP contribution is 2.31. The lowest BCUT2D eigenvalue weighted by Crippen LogP contribution is -2.48. The minimum Gasteiger partial charge on any atom is -0.495 e. The SMILES string of the molecule is CCN1CCC[C@H]1CN(CCC(=O)N1CCNCC1)S(=O)(=O)c1cc(Cl)ccc1OC. The molecule has 0 aromatic heterocycles. The van der Waals surface area contributed by atoms with E-state index >= 15 is 0 Å². The Morgan fingerprint density at radius 3 is 2.71 bits per heavy atom. The van der Waals surface area contributed by atoms with Crippen molar-refractivity contribution in [1.82, 2.24) is 19.4 Å². The van der Waals surface area contributed by atoms with Crippen molar-refractivity contribution in [3.63, 3.8) is 0 Å². The summed E-state index contributed by atoms with van der Waals surface area (Å²) in [5.41, 5.74) is 0. The second-order valence-electron chi connectivity index (χ2n) is 7.96. The maximum absolute atomic E-state index is 13.7. The van der Waals surface area contributed by atoms with E-state index in [0.29, 0.717) is 24.7 Å². The van der Waals surface area contributed by atoms with Crippen LogP contribution >= 0.6 is 11.6 Å².